The predicted octanol–water partition coefficient (Wildman–Crippen LogP) is 1.35. The molecule has 0 spiro atoms. The monoisotopic (exact) mass is 262 g/mol. The maximum atomic E-state index is 12.5. The highest BCUT2D eigenvalue weighted by Crippen LogP contribution is 2.47. The largest absolute Gasteiger partial charge is 0.347 e. The van der Waals surface area contributed by atoms with Crippen LogP contribution in [0.2, 0.25) is 0 Å². The minimum atomic E-state index is -0.0335. The average molecular weight is 262 g/mol. The van der Waals surface area contributed by atoms with Crippen molar-refractivity contribution in [3.8, 4) is 0 Å². The normalized spacial score (nSPS) is 34.4. The number of hydrogen-bond donors (Lipinski definition) is 3. The molecular weight excluding hydrogens is 240 g/mol. The van der Waals surface area contributed by atoms with E-state index >= 15 is 0 Å². The van der Waals surface area contributed by atoms with Gasteiger partial charge in [0.25, 0.3) is 0 Å². The number of nitrogens with two attached hydrogens (primary N) is 1. The van der Waals surface area contributed by atoms with Crippen molar-refractivity contribution in [3.05, 3.63) is 18.2 Å². The van der Waals surface area contributed by atoms with Crippen LogP contribution in [-0.2, 0) is 4.79 Å². The van der Waals surface area contributed by atoms with Crippen LogP contribution in [-0.4, -0.2) is 21.9 Å². The molecule has 1 heterocycles. The zero-order chi connectivity index (χ0) is 13.4. The SMILES string of the molecule is CCC(NC(=O)C1C2CCC(C2)C1N)c1ncc[nH]1. The minimum Gasteiger partial charge on any atom is -0.347 e. The summed E-state index contributed by atoms with van der Waals surface area (Å²) in [5.74, 6) is 2.00. The minimum absolute atomic E-state index is 0.00256. The number of nitrogens with one attached hydrogen (secondary N) is 2. The molecule has 3 rings (SSSR count). The fourth-order valence-corrected chi connectivity index (χ4v) is 3.82. The van der Waals surface area contributed by atoms with Gasteiger partial charge in [-0.2, -0.15) is 0 Å². The number of aromatic nitrogens is 2. The van der Waals surface area contributed by atoms with Crippen molar-refractivity contribution in [1.82, 2.24) is 15.3 Å². The van der Waals surface area contributed by atoms with Crippen molar-refractivity contribution in [2.75, 3.05) is 0 Å². The van der Waals surface area contributed by atoms with E-state index in [2.05, 4.69) is 15.3 Å². The first kappa shape index (κ1) is 12.7. The van der Waals surface area contributed by atoms with E-state index in [1.165, 1.54) is 6.42 Å². The van der Waals surface area contributed by atoms with Gasteiger partial charge in [0, 0.05) is 18.4 Å². The zero-order valence-electron chi connectivity index (χ0n) is 11.3. The van der Waals surface area contributed by atoms with Gasteiger partial charge >= 0.3 is 0 Å². The molecule has 2 aliphatic carbocycles. The molecule has 2 saturated carbocycles. The molecule has 104 valence electrons. The van der Waals surface area contributed by atoms with Crippen LogP contribution in [0.3, 0.4) is 0 Å². The van der Waals surface area contributed by atoms with Gasteiger partial charge in [-0.15, -0.1) is 0 Å². The van der Waals surface area contributed by atoms with Crippen LogP contribution in [0.5, 0.6) is 0 Å². The van der Waals surface area contributed by atoms with E-state index in [9.17, 15) is 4.79 Å². The fourth-order valence-electron chi connectivity index (χ4n) is 3.82. The van der Waals surface area contributed by atoms with Crippen molar-refractivity contribution >= 4 is 5.91 Å². The van der Waals surface area contributed by atoms with Crippen molar-refractivity contribution < 1.29 is 4.79 Å². The van der Waals surface area contributed by atoms with Crippen LogP contribution >= 0.6 is 0 Å². The van der Waals surface area contributed by atoms with Gasteiger partial charge in [-0.25, -0.2) is 4.98 Å². The fraction of sp³-hybridized carbons (Fsp3) is 0.714. The van der Waals surface area contributed by atoms with Crippen LogP contribution < -0.4 is 11.1 Å². The van der Waals surface area contributed by atoms with Gasteiger partial charge < -0.3 is 16.0 Å². The Labute approximate surface area is 113 Å². The van der Waals surface area contributed by atoms with Gasteiger partial charge in [0.15, 0.2) is 0 Å². The highest BCUT2D eigenvalue weighted by atomic mass is 16.2. The molecular formula is C14H22N4O. The molecule has 5 nitrogen and oxygen atoms in total. The molecule has 0 aliphatic heterocycles. The molecule has 2 bridgehead atoms. The third kappa shape index (κ3) is 2.16. The lowest BCUT2D eigenvalue weighted by molar-refractivity contribution is -0.127. The third-order valence-corrected chi connectivity index (χ3v) is 4.86. The first-order valence-corrected chi connectivity index (χ1v) is 7.26. The van der Waals surface area contributed by atoms with Crippen molar-refractivity contribution in [1.29, 1.82) is 0 Å². The number of rotatable bonds is 4. The van der Waals surface area contributed by atoms with Gasteiger partial charge in [0.05, 0.1) is 12.0 Å². The third-order valence-electron chi connectivity index (χ3n) is 4.86. The quantitative estimate of drug-likeness (QED) is 0.766. The molecule has 2 aliphatic rings. The molecule has 1 aromatic heterocycles. The molecule has 0 saturated heterocycles. The Morgan fingerprint density at radius 3 is 2.95 bits per heavy atom. The number of fused-ring (bicyclic) bond motifs is 2. The number of amides is 1. The molecule has 1 aromatic rings. The second-order valence-corrected chi connectivity index (χ2v) is 5.88. The van der Waals surface area contributed by atoms with E-state index < -0.39 is 0 Å². The summed E-state index contributed by atoms with van der Waals surface area (Å²) in [6.45, 7) is 2.05. The summed E-state index contributed by atoms with van der Waals surface area (Å²) < 4.78 is 0. The Balaban J connectivity index is 1.68. The van der Waals surface area contributed by atoms with Gasteiger partial charge in [-0.1, -0.05) is 6.92 Å². The summed E-state index contributed by atoms with van der Waals surface area (Å²) in [7, 11) is 0. The Kier molecular flexibility index (Phi) is 3.31. The van der Waals surface area contributed by atoms with E-state index in [1.54, 1.807) is 12.4 Å². The predicted molar refractivity (Wildman–Crippen MR) is 72.1 cm³/mol. The molecule has 0 aromatic carbocycles. The number of aromatic amines is 1. The molecule has 0 radical (unpaired) electrons. The van der Waals surface area contributed by atoms with Crippen LogP contribution in [0.4, 0.5) is 0 Å². The number of hydrogen-bond acceptors (Lipinski definition) is 3. The summed E-state index contributed by atoms with van der Waals surface area (Å²) in [5, 5.41) is 3.11. The van der Waals surface area contributed by atoms with Gasteiger partial charge in [-0.3, -0.25) is 4.79 Å². The standard InChI is InChI=1S/C14H22N4O/c1-2-10(13-16-5-6-17-13)18-14(19)11-8-3-4-9(7-8)12(11)15/h5-6,8-12H,2-4,7,15H2,1H3,(H,16,17)(H,18,19). The zero-order valence-corrected chi connectivity index (χ0v) is 11.3. The molecule has 5 atom stereocenters. The lowest BCUT2D eigenvalue weighted by Crippen LogP contribution is -2.46. The molecule has 19 heavy (non-hydrogen) atoms. The van der Waals surface area contributed by atoms with Crippen LogP contribution in [0.1, 0.15) is 44.5 Å². The number of H-pyrrole nitrogens is 1. The maximum Gasteiger partial charge on any atom is 0.225 e. The van der Waals surface area contributed by atoms with Crippen molar-refractivity contribution in [2.24, 2.45) is 23.5 Å². The van der Waals surface area contributed by atoms with Crippen molar-refractivity contribution in [3.63, 3.8) is 0 Å². The summed E-state index contributed by atoms with van der Waals surface area (Å²) >= 11 is 0. The Morgan fingerprint density at radius 2 is 2.37 bits per heavy atom. The highest BCUT2D eigenvalue weighted by molar-refractivity contribution is 5.80. The number of carbonyl (C=O) groups is 1. The Morgan fingerprint density at radius 1 is 1.58 bits per heavy atom. The van der Waals surface area contributed by atoms with Crippen LogP contribution in [0.25, 0.3) is 0 Å². The van der Waals surface area contributed by atoms with E-state index in [1.807, 2.05) is 6.92 Å². The smallest absolute Gasteiger partial charge is 0.225 e. The molecule has 5 heteroatoms. The Hall–Kier alpha value is -1.36. The highest BCUT2D eigenvalue weighted by Gasteiger charge is 2.49. The van der Waals surface area contributed by atoms with Crippen molar-refractivity contribution in [2.45, 2.75) is 44.7 Å². The number of nitrogens with zero attached hydrogens (tertiary/aromatic N) is 1. The van der Waals surface area contributed by atoms with Gasteiger partial charge in [0.1, 0.15) is 5.82 Å². The summed E-state index contributed by atoms with van der Waals surface area (Å²) in [5.41, 5.74) is 6.22. The maximum absolute atomic E-state index is 12.5. The van der Waals surface area contributed by atoms with Crippen LogP contribution in [0.15, 0.2) is 12.4 Å². The van der Waals surface area contributed by atoms with E-state index in [4.69, 9.17) is 5.73 Å². The lowest BCUT2D eigenvalue weighted by Gasteiger charge is -2.28. The van der Waals surface area contributed by atoms with E-state index in [-0.39, 0.29) is 23.9 Å². The first-order chi connectivity index (χ1) is 9.20. The average Bonchev–Trinajstić information content (AvgIpc) is 3.11. The molecule has 5 unspecified atom stereocenters. The van der Waals surface area contributed by atoms with Gasteiger partial charge in [0.2, 0.25) is 5.91 Å². The van der Waals surface area contributed by atoms with Crippen LogP contribution in [0, 0.1) is 17.8 Å². The summed E-state index contributed by atoms with van der Waals surface area (Å²) in [6, 6.07) is 0.0154. The lowest BCUT2D eigenvalue weighted by atomic mass is 9.84. The summed E-state index contributed by atoms with van der Waals surface area (Å²) in [4.78, 5) is 19.8. The van der Waals surface area contributed by atoms with Gasteiger partial charge in [-0.05, 0) is 37.5 Å². The second-order valence-electron chi connectivity index (χ2n) is 5.88. The molecule has 4 N–H and O–H groups in total. The van der Waals surface area contributed by atoms with E-state index in [0.717, 1.165) is 25.1 Å². The van der Waals surface area contributed by atoms with E-state index in [0.29, 0.717) is 11.8 Å². The number of carbonyl (C=O) groups excluding carboxylic acids is 1. The topological polar surface area (TPSA) is 83.8 Å². The first-order valence-electron chi connectivity index (χ1n) is 7.26. The Bertz CT molecular complexity index is 442. The molecule has 1 amide bonds. The summed E-state index contributed by atoms with van der Waals surface area (Å²) in [6.07, 6.45) is 7.83. The molecule has 2 fully saturated rings. The number of imidazole rings is 1. The second kappa shape index (κ2) is 4.96.